The third-order valence-corrected chi connectivity index (χ3v) is 6.05. The molecule has 0 spiro atoms. The van der Waals surface area contributed by atoms with Crippen molar-refractivity contribution >= 4 is 23.3 Å². The minimum atomic E-state index is -1.01. The number of pyridine rings is 1. The maximum atomic E-state index is 15.4. The van der Waals surface area contributed by atoms with E-state index in [-0.39, 0.29) is 24.2 Å². The second kappa shape index (κ2) is 11.6. The van der Waals surface area contributed by atoms with Gasteiger partial charge < -0.3 is 19.5 Å². The number of aromatic nitrogens is 1. The van der Waals surface area contributed by atoms with E-state index in [1.165, 1.54) is 32.4 Å². The Morgan fingerprint density at radius 1 is 1.11 bits per heavy atom. The first-order valence-electron chi connectivity index (χ1n) is 11.5. The van der Waals surface area contributed by atoms with Gasteiger partial charge in [-0.15, -0.1) is 0 Å². The minimum Gasteiger partial charge on any atom is -0.497 e. The molecule has 3 aromatic rings. The number of hydrogen-bond donors (Lipinski definition) is 1. The summed E-state index contributed by atoms with van der Waals surface area (Å²) in [6.45, 7) is 0.286. The molecule has 0 aliphatic carbocycles. The number of ether oxygens (including phenoxy) is 3. The van der Waals surface area contributed by atoms with Crippen LogP contribution in [0.25, 0.3) is 0 Å². The Labute approximate surface area is 213 Å². The van der Waals surface area contributed by atoms with Crippen LogP contribution in [-0.2, 0) is 20.9 Å². The van der Waals surface area contributed by atoms with Gasteiger partial charge in [0, 0.05) is 30.6 Å². The lowest BCUT2D eigenvalue weighted by Gasteiger charge is -2.26. The molecule has 0 saturated carbocycles. The molecule has 0 saturated heterocycles. The molecule has 0 radical (unpaired) electrons. The second-order valence-corrected chi connectivity index (χ2v) is 8.25. The van der Waals surface area contributed by atoms with Gasteiger partial charge in [-0.25, -0.2) is 4.39 Å². The topological polar surface area (TPSA) is 102 Å². The number of hydrogen-bond acceptors (Lipinski definition) is 8. The number of esters is 1. The van der Waals surface area contributed by atoms with Crippen LogP contribution in [0.4, 0.5) is 10.1 Å². The molecule has 2 aromatic carbocycles. The highest BCUT2D eigenvalue weighted by atomic mass is 19.1. The van der Waals surface area contributed by atoms with Crippen molar-refractivity contribution in [1.29, 1.82) is 0 Å². The predicted molar refractivity (Wildman–Crippen MR) is 135 cm³/mol. The molecule has 1 aliphatic heterocycles. The molecule has 2 atom stereocenters. The van der Waals surface area contributed by atoms with Crippen LogP contribution < -0.4 is 19.8 Å². The lowest BCUT2D eigenvalue weighted by Crippen LogP contribution is -2.39. The molecule has 1 aromatic heterocycles. The van der Waals surface area contributed by atoms with Gasteiger partial charge in [0.2, 0.25) is 0 Å². The Morgan fingerprint density at radius 3 is 2.59 bits per heavy atom. The van der Waals surface area contributed by atoms with Crippen LogP contribution in [0.15, 0.2) is 72.1 Å². The van der Waals surface area contributed by atoms with E-state index in [9.17, 15) is 9.59 Å². The highest BCUT2D eigenvalue weighted by Gasteiger charge is 2.44. The quantitative estimate of drug-likeness (QED) is 0.419. The Balaban J connectivity index is 1.79. The van der Waals surface area contributed by atoms with Crippen molar-refractivity contribution in [3.63, 3.8) is 0 Å². The molecule has 9 nitrogen and oxygen atoms in total. The van der Waals surface area contributed by atoms with Gasteiger partial charge in [0.15, 0.2) is 0 Å². The van der Waals surface area contributed by atoms with E-state index in [4.69, 9.17) is 14.2 Å². The third kappa shape index (κ3) is 5.59. The van der Waals surface area contributed by atoms with Crippen molar-refractivity contribution in [2.24, 2.45) is 11.0 Å². The smallest absolute Gasteiger partial charge is 0.311 e. The van der Waals surface area contributed by atoms with Crippen molar-refractivity contribution < 1.29 is 28.2 Å². The monoisotopic (exact) mass is 506 g/mol. The van der Waals surface area contributed by atoms with Crippen LogP contribution in [-0.4, -0.2) is 43.9 Å². The highest BCUT2D eigenvalue weighted by molar-refractivity contribution is 6.19. The average molecular weight is 507 g/mol. The summed E-state index contributed by atoms with van der Waals surface area (Å²) in [6, 6.07) is 14.1. The predicted octanol–water partition coefficient (Wildman–Crippen LogP) is 3.65. The molecule has 0 fully saturated rings. The largest absolute Gasteiger partial charge is 0.497 e. The van der Waals surface area contributed by atoms with Crippen LogP contribution in [0.1, 0.15) is 23.6 Å². The second-order valence-electron chi connectivity index (χ2n) is 8.25. The highest BCUT2D eigenvalue weighted by Crippen LogP contribution is 2.38. The zero-order valence-electron chi connectivity index (χ0n) is 20.7. The first-order valence-corrected chi connectivity index (χ1v) is 11.5. The van der Waals surface area contributed by atoms with Gasteiger partial charge in [-0.05, 0) is 29.8 Å². The first-order chi connectivity index (χ1) is 18.0. The lowest BCUT2D eigenvalue weighted by molar-refractivity contribution is -0.139. The Bertz CT molecular complexity index is 1300. The average Bonchev–Trinajstić information content (AvgIpc) is 3.24. The van der Waals surface area contributed by atoms with Crippen molar-refractivity contribution in [3.05, 3.63) is 83.9 Å². The van der Waals surface area contributed by atoms with E-state index in [1.807, 2.05) is 6.07 Å². The van der Waals surface area contributed by atoms with Crippen molar-refractivity contribution in [3.8, 4) is 11.5 Å². The van der Waals surface area contributed by atoms with Gasteiger partial charge in [-0.3, -0.25) is 14.6 Å². The lowest BCUT2D eigenvalue weighted by atomic mass is 9.87. The fraction of sp³-hybridized carbons (Fsp3) is 0.259. The molecule has 192 valence electrons. The summed E-state index contributed by atoms with van der Waals surface area (Å²) in [7, 11) is 4.19. The Kier molecular flexibility index (Phi) is 8.09. The number of rotatable bonds is 10. The maximum absolute atomic E-state index is 15.4. The third-order valence-electron chi connectivity index (χ3n) is 6.05. The molecule has 0 bridgehead atoms. The van der Waals surface area contributed by atoms with Crippen molar-refractivity contribution in [1.82, 2.24) is 10.3 Å². The molecule has 37 heavy (non-hydrogen) atoms. The van der Waals surface area contributed by atoms with E-state index in [0.717, 1.165) is 5.56 Å². The summed E-state index contributed by atoms with van der Waals surface area (Å²) in [5, 5.41) is 8.99. The van der Waals surface area contributed by atoms with E-state index in [2.05, 4.69) is 15.4 Å². The van der Waals surface area contributed by atoms with Gasteiger partial charge in [-0.1, -0.05) is 24.3 Å². The molecule has 4 rings (SSSR count). The fourth-order valence-corrected chi connectivity index (χ4v) is 4.22. The van der Waals surface area contributed by atoms with Crippen LogP contribution in [0.5, 0.6) is 11.5 Å². The van der Waals surface area contributed by atoms with Gasteiger partial charge >= 0.3 is 5.97 Å². The summed E-state index contributed by atoms with van der Waals surface area (Å²) in [6.07, 6.45) is 3.08. The van der Waals surface area contributed by atoms with Crippen molar-refractivity contribution in [2.75, 3.05) is 26.3 Å². The minimum absolute atomic E-state index is 0.225. The number of para-hydroxylation sites is 2. The van der Waals surface area contributed by atoms with Gasteiger partial charge in [0.05, 0.1) is 39.5 Å². The number of halogens is 1. The summed E-state index contributed by atoms with van der Waals surface area (Å²) < 4.78 is 30.8. The number of carbonyl (C=O) groups is 2. The Hall–Kier alpha value is -4.31. The van der Waals surface area contributed by atoms with E-state index >= 15 is 4.39 Å². The van der Waals surface area contributed by atoms with Gasteiger partial charge in [0.1, 0.15) is 28.9 Å². The zero-order valence-corrected chi connectivity index (χ0v) is 20.7. The van der Waals surface area contributed by atoms with Crippen LogP contribution >= 0.6 is 0 Å². The molecule has 1 N–H and O–H groups in total. The van der Waals surface area contributed by atoms with E-state index < -0.39 is 29.7 Å². The Morgan fingerprint density at radius 2 is 1.92 bits per heavy atom. The molecule has 2 heterocycles. The SMILES string of the molecule is COC(=O)CC1=NN(c2ccccc2OC)C(=O)C1C(NCc1cccnc1)c1ccc(OC)cc1F. The van der Waals surface area contributed by atoms with E-state index in [0.29, 0.717) is 17.2 Å². The fourth-order valence-electron chi connectivity index (χ4n) is 4.22. The number of amides is 1. The number of hydrazone groups is 1. The molecule has 2 unspecified atom stereocenters. The number of anilines is 1. The number of nitrogens with one attached hydrogen (secondary N) is 1. The molecular formula is C27H27FN4O5. The first kappa shape index (κ1) is 25.8. The molecule has 1 amide bonds. The maximum Gasteiger partial charge on any atom is 0.311 e. The summed E-state index contributed by atoms with van der Waals surface area (Å²) in [5.41, 5.74) is 1.70. The summed E-state index contributed by atoms with van der Waals surface area (Å²) in [5.74, 6) is -1.83. The molecule has 10 heteroatoms. The van der Waals surface area contributed by atoms with E-state index in [1.54, 1.807) is 54.9 Å². The van der Waals surface area contributed by atoms with Crippen LogP contribution in [0.2, 0.25) is 0 Å². The van der Waals surface area contributed by atoms with Crippen LogP contribution in [0.3, 0.4) is 0 Å². The normalized spacial score (nSPS) is 15.8. The van der Waals surface area contributed by atoms with Crippen molar-refractivity contribution in [2.45, 2.75) is 19.0 Å². The summed E-state index contributed by atoms with van der Waals surface area (Å²) in [4.78, 5) is 30.3. The molecular weight excluding hydrogens is 479 g/mol. The number of carbonyl (C=O) groups excluding carboxylic acids is 2. The van der Waals surface area contributed by atoms with Crippen LogP contribution in [0, 0.1) is 11.7 Å². The number of methoxy groups -OCH3 is 3. The number of benzene rings is 2. The summed E-state index contributed by atoms with van der Waals surface area (Å²) >= 11 is 0. The number of nitrogens with zero attached hydrogens (tertiary/aromatic N) is 3. The molecule has 1 aliphatic rings. The zero-order chi connectivity index (χ0) is 26.4. The van der Waals surface area contributed by atoms with Gasteiger partial charge in [-0.2, -0.15) is 10.1 Å². The standard InChI is InChI=1S/C27H27FN4O5/c1-35-18-10-11-19(20(28)13-18)26(30-16-17-7-6-12-29-15-17)25-21(14-24(33)37-3)31-32(27(25)34)22-8-4-5-9-23(22)36-2/h4-13,15,25-26,30H,14,16H2,1-3H3. The van der Waals surface area contributed by atoms with Gasteiger partial charge in [0.25, 0.3) is 5.91 Å².